The van der Waals surface area contributed by atoms with Crippen LogP contribution in [0, 0.1) is 3.57 Å². The number of nitrogens with one attached hydrogen (secondary N) is 1. The Morgan fingerprint density at radius 1 is 1.30 bits per heavy atom. The van der Waals surface area contributed by atoms with E-state index in [1.807, 2.05) is 0 Å². The number of benzene rings is 2. The lowest BCUT2D eigenvalue weighted by Crippen LogP contribution is -2.32. The smallest absolute Gasteiger partial charge is 0.0477 e. The molecule has 3 rings (SSSR count). The van der Waals surface area contributed by atoms with Gasteiger partial charge in [-0.1, -0.05) is 40.2 Å². The summed E-state index contributed by atoms with van der Waals surface area (Å²) in [5, 5.41) is 0. The summed E-state index contributed by atoms with van der Waals surface area (Å²) in [5.74, 6) is 6.41. The first-order chi connectivity index (χ1) is 9.69. The molecule has 104 valence electrons. The number of fused-ring (bicyclic) bond motifs is 1. The summed E-state index contributed by atoms with van der Waals surface area (Å²) in [6, 6.07) is 15.3. The largest absolute Gasteiger partial charge is 0.271 e. The molecule has 0 aliphatic heterocycles. The molecular weight excluding hydrogens is 427 g/mol. The summed E-state index contributed by atoms with van der Waals surface area (Å²) in [6.45, 7) is 0. The molecule has 0 aromatic heterocycles. The van der Waals surface area contributed by atoms with E-state index < -0.39 is 0 Å². The minimum Gasteiger partial charge on any atom is -0.271 e. The summed E-state index contributed by atoms with van der Waals surface area (Å²) in [4.78, 5) is 0. The number of rotatable bonds is 4. The van der Waals surface area contributed by atoms with E-state index in [1.54, 1.807) is 0 Å². The maximum absolute atomic E-state index is 5.80. The monoisotopic (exact) mass is 442 g/mol. The van der Waals surface area contributed by atoms with Crippen LogP contribution in [0.1, 0.15) is 35.1 Å². The minimum atomic E-state index is 0.178. The highest BCUT2D eigenvalue weighted by Gasteiger charge is 2.28. The summed E-state index contributed by atoms with van der Waals surface area (Å²) in [6.07, 6.45) is 2.20. The van der Waals surface area contributed by atoms with E-state index in [4.69, 9.17) is 5.84 Å². The minimum absolute atomic E-state index is 0.178. The van der Waals surface area contributed by atoms with Gasteiger partial charge in [-0.05, 0) is 76.2 Å². The van der Waals surface area contributed by atoms with Crippen LogP contribution < -0.4 is 11.3 Å². The van der Waals surface area contributed by atoms with Gasteiger partial charge in [0.15, 0.2) is 0 Å². The fraction of sp³-hybridized carbons (Fsp3) is 0.250. The molecule has 0 bridgehead atoms. The van der Waals surface area contributed by atoms with Gasteiger partial charge in [0.1, 0.15) is 0 Å². The van der Waals surface area contributed by atoms with Gasteiger partial charge in [0.25, 0.3) is 0 Å². The molecule has 20 heavy (non-hydrogen) atoms. The molecule has 2 unspecified atom stereocenters. The third-order valence-electron chi connectivity index (χ3n) is 4.02. The Balaban J connectivity index is 1.80. The van der Waals surface area contributed by atoms with Crippen LogP contribution in [0.15, 0.2) is 46.9 Å². The van der Waals surface area contributed by atoms with Crippen LogP contribution in [0.4, 0.5) is 0 Å². The normalized spacial score (nSPS) is 18.2. The SMILES string of the molecule is NNC(CC1Cc2ccccc21)c1cc(I)ccc1Br. The first kappa shape index (κ1) is 14.5. The van der Waals surface area contributed by atoms with E-state index in [2.05, 4.69) is 86.4 Å². The molecule has 1 aliphatic carbocycles. The van der Waals surface area contributed by atoms with Crippen LogP contribution in [-0.4, -0.2) is 0 Å². The lowest BCUT2D eigenvalue weighted by atomic mass is 9.74. The fourth-order valence-corrected chi connectivity index (χ4v) is 3.96. The predicted molar refractivity (Wildman–Crippen MR) is 94.4 cm³/mol. The third kappa shape index (κ3) is 2.79. The molecule has 0 amide bonds. The van der Waals surface area contributed by atoms with Gasteiger partial charge in [0.05, 0.1) is 0 Å². The number of hydrogen-bond acceptors (Lipinski definition) is 2. The van der Waals surface area contributed by atoms with Crippen LogP contribution in [0.5, 0.6) is 0 Å². The van der Waals surface area contributed by atoms with Crippen molar-refractivity contribution < 1.29 is 0 Å². The van der Waals surface area contributed by atoms with Crippen molar-refractivity contribution in [1.82, 2.24) is 5.43 Å². The molecule has 0 spiro atoms. The van der Waals surface area contributed by atoms with Gasteiger partial charge >= 0.3 is 0 Å². The van der Waals surface area contributed by atoms with E-state index >= 15 is 0 Å². The number of nitrogens with two attached hydrogens (primary N) is 1. The Bertz CT molecular complexity index is 630. The zero-order valence-electron chi connectivity index (χ0n) is 10.9. The second-order valence-electron chi connectivity index (χ2n) is 5.22. The lowest BCUT2D eigenvalue weighted by Gasteiger charge is -2.33. The Hall–Kier alpha value is -0.430. The molecule has 2 aromatic carbocycles. The van der Waals surface area contributed by atoms with Crippen LogP contribution >= 0.6 is 38.5 Å². The van der Waals surface area contributed by atoms with Crippen molar-refractivity contribution in [1.29, 1.82) is 0 Å². The highest BCUT2D eigenvalue weighted by atomic mass is 127. The van der Waals surface area contributed by atoms with Gasteiger partial charge in [-0.2, -0.15) is 0 Å². The molecule has 0 saturated heterocycles. The van der Waals surface area contributed by atoms with E-state index in [0.717, 1.165) is 17.3 Å². The Morgan fingerprint density at radius 2 is 2.10 bits per heavy atom. The topological polar surface area (TPSA) is 38.0 Å². The van der Waals surface area contributed by atoms with Crippen LogP contribution in [0.2, 0.25) is 0 Å². The van der Waals surface area contributed by atoms with Gasteiger partial charge in [-0.25, -0.2) is 0 Å². The van der Waals surface area contributed by atoms with Crippen molar-refractivity contribution in [3.05, 3.63) is 67.2 Å². The zero-order valence-corrected chi connectivity index (χ0v) is 14.7. The van der Waals surface area contributed by atoms with Crippen molar-refractivity contribution in [2.75, 3.05) is 0 Å². The molecule has 2 atom stereocenters. The molecule has 0 saturated carbocycles. The summed E-state index contributed by atoms with van der Waals surface area (Å²) in [7, 11) is 0. The summed E-state index contributed by atoms with van der Waals surface area (Å²) >= 11 is 5.97. The summed E-state index contributed by atoms with van der Waals surface area (Å²) < 4.78 is 2.35. The quantitative estimate of drug-likeness (QED) is 0.421. The van der Waals surface area contributed by atoms with Crippen molar-refractivity contribution >= 4 is 38.5 Å². The predicted octanol–water partition coefficient (Wildman–Crippen LogP) is 4.29. The van der Waals surface area contributed by atoms with Crippen molar-refractivity contribution in [3.8, 4) is 0 Å². The fourth-order valence-electron chi connectivity index (χ4n) is 2.92. The van der Waals surface area contributed by atoms with E-state index in [1.165, 1.54) is 20.3 Å². The van der Waals surface area contributed by atoms with Gasteiger partial charge in [0.2, 0.25) is 0 Å². The van der Waals surface area contributed by atoms with Crippen LogP contribution in [0.3, 0.4) is 0 Å². The average Bonchev–Trinajstić information content (AvgIpc) is 2.43. The van der Waals surface area contributed by atoms with Crippen LogP contribution in [0.25, 0.3) is 0 Å². The standard InChI is InChI=1S/C16H16BrIN2/c17-15-6-5-12(18)9-14(15)16(20-19)8-11-7-10-3-1-2-4-13(10)11/h1-6,9,11,16,20H,7-8,19H2. The van der Waals surface area contributed by atoms with Crippen molar-refractivity contribution in [2.45, 2.75) is 24.8 Å². The van der Waals surface area contributed by atoms with Gasteiger partial charge in [-0.15, -0.1) is 0 Å². The highest BCUT2D eigenvalue weighted by molar-refractivity contribution is 14.1. The number of hydrogen-bond donors (Lipinski definition) is 2. The molecule has 2 aromatic rings. The second kappa shape index (κ2) is 6.13. The molecular formula is C16H16BrIN2. The Morgan fingerprint density at radius 3 is 2.85 bits per heavy atom. The van der Waals surface area contributed by atoms with Gasteiger partial charge < -0.3 is 0 Å². The van der Waals surface area contributed by atoms with E-state index in [-0.39, 0.29) is 6.04 Å². The van der Waals surface area contributed by atoms with E-state index in [9.17, 15) is 0 Å². The maximum Gasteiger partial charge on any atom is 0.0477 e. The molecule has 0 radical (unpaired) electrons. The lowest BCUT2D eigenvalue weighted by molar-refractivity contribution is 0.434. The Labute approximate surface area is 141 Å². The first-order valence-corrected chi connectivity index (χ1v) is 8.55. The zero-order chi connectivity index (χ0) is 14.1. The van der Waals surface area contributed by atoms with Crippen LogP contribution in [-0.2, 0) is 6.42 Å². The second-order valence-corrected chi connectivity index (χ2v) is 7.32. The molecule has 1 aliphatic rings. The molecule has 3 N–H and O–H groups in total. The Kier molecular flexibility index (Phi) is 4.45. The number of hydrazine groups is 1. The first-order valence-electron chi connectivity index (χ1n) is 6.68. The van der Waals surface area contributed by atoms with Gasteiger partial charge in [-0.3, -0.25) is 11.3 Å². The maximum atomic E-state index is 5.80. The van der Waals surface area contributed by atoms with Crippen molar-refractivity contribution in [2.24, 2.45) is 5.84 Å². The van der Waals surface area contributed by atoms with Crippen molar-refractivity contribution in [3.63, 3.8) is 0 Å². The highest BCUT2D eigenvalue weighted by Crippen LogP contribution is 2.41. The number of halogens is 2. The summed E-state index contributed by atoms with van der Waals surface area (Å²) in [5.41, 5.74) is 7.19. The molecule has 0 heterocycles. The molecule has 4 heteroatoms. The van der Waals surface area contributed by atoms with E-state index in [0.29, 0.717) is 5.92 Å². The molecule has 0 fully saturated rings. The average molecular weight is 443 g/mol. The molecule has 2 nitrogen and oxygen atoms in total. The third-order valence-corrected chi connectivity index (χ3v) is 5.41. The van der Waals surface area contributed by atoms with Gasteiger partial charge in [0, 0.05) is 14.1 Å².